The number of methoxy groups -OCH3 is 3. The van der Waals surface area contributed by atoms with Crippen molar-refractivity contribution in [1.82, 2.24) is 9.21 Å². The van der Waals surface area contributed by atoms with Crippen molar-refractivity contribution in [3.05, 3.63) is 42.0 Å². The Hall–Kier alpha value is -2.76. The van der Waals surface area contributed by atoms with Gasteiger partial charge in [0, 0.05) is 31.3 Å². The van der Waals surface area contributed by atoms with E-state index in [2.05, 4.69) is 4.99 Å². The summed E-state index contributed by atoms with van der Waals surface area (Å²) in [5.74, 6) is 1.52. The summed E-state index contributed by atoms with van der Waals surface area (Å²) in [5, 5.41) is 0.742. The Morgan fingerprint density at radius 3 is 2.30 bits per heavy atom. The summed E-state index contributed by atoms with van der Waals surface area (Å²) < 4.78 is 43.5. The molecule has 1 atom stereocenters. The Labute approximate surface area is 223 Å². The van der Waals surface area contributed by atoms with E-state index < -0.39 is 10.0 Å². The van der Waals surface area contributed by atoms with Gasteiger partial charge in [0.05, 0.1) is 31.9 Å². The van der Waals surface area contributed by atoms with E-state index in [1.54, 1.807) is 50.5 Å². The van der Waals surface area contributed by atoms with Crippen LogP contribution in [0.15, 0.2) is 46.3 Å². The highest BCUT2D eigenvalue weighted by Crippen LogP contribution is 2.38. The Bertz CT molecular complexity index is 1220. The summed E-state index contributed by atoms with van der Waals surface area (Å²) in [6.07, 6.45) is 0.747. The number of benzene rings is 2. The van der Waals surface area contributed by atoms with Gasteiger partial charge in [-0.05, 0) is 42.3 Å². The summed E-state index contributed by atoms with van der Waals surface area (Å²) in [6, 6.07) is 10.2. The molecule has 1 fully saturated rings. The Morgan fingerprint density at radius 2 is 1.73 bits per heavy atom. The Balaban J connectivity index is 1.81. The molecule has 0 spiro atoms. The quantitative estimate of drug-likeness (QED) is 0.412. The number of aryl methyl sites for hydroxylation is 1. The lowest BCUT2D eigenvalue weighted by molar-refractivity contribution is -0.127. The predicted octanol–water partition coefficient (Wildman–Crippen LogP) is 4.33. The molecular formula is C26H35N3O6S2. The SMILES string of the molecule is CCN(CC)S(=O)(=O)c1cccc(N=C2SC(C)CN2C(=O)CCc2cc(OC)c(OC)c(OC)c2)c1. The van der Waals surface area contributed by atoms with E-state index in [9.17, 15) is 13.2 Å². The zero-order valence-electron chi connectivity index (χ0n) is 22.2. The molecule has 0 bridgehead atoms. The summed E-state index contributed by atoms with van der Waals surface area (Å²) in [4.78, 5) is 19.8. The first-order chi connectivity index (χ1) is 17.7. The lowest BCUT2D eigenvalue weighted by Crippen LogP contribution is -2.32. The van der Waals surface area contributed by atoms with Crippen molar-refractivity contribution in [2.24, 2.45) is 4.99 Å². The standard InChI is InChI=1S/C26H35N3O6S2/c1-7-28(8-2)37(31,32)21-11-9-10-20(16-21)27-26-29(17-18(3)36-26)24(30)13-12-19-14-22(33-4)25(35-6)23(15-19)34-5/h9-11,14-16,18H,7-8,12-13,17H2,1-6H3. The maximum atomic E-state index is 13.2. The zero-order valence-corrected chi connectivity index (χ0v) is 23.8. The largest absolute Gasteiger partial charge is 0.493 e. The fraction of sp³-hybridized carbons (Fsp3) is 0.462. The van der Waals surface area contributed by atoms with Crippen LogP contribution < -0.4 is 14.2 Å². The van der Waals surface area contributed by atoms with Crippen molar-refractivity contribution in [1.29, 1.82) is 0 Å². The second-order valence-electron chi connectivity index (χ2n) is 8.45. The van der Waals surface area contributed by atoms with E-state index in [1.807, 2.05) is 32.9 Å². The second kappa shape index (κ2) is 12.7. The Kier molecular flexibility index (Phi) is 9.86. The van der Waals surface area contributed by atoms with Crippen LogP contribution in [0.1, 0.15) is 32.8 Å². The van der Waals surface area contributed by atoms with Gasteiger partial charge in [-0.3, -0.25) is 9.69 Å². The van der Waals surface area contributed by atoms with Gasteiger partial charge in [0.25, 0.3) is 0 Å². The number of hydrogen-bond donors (Lipinski definition) is 0. The topological polar surface area (TPSA) is 97.7 Å². The van der Waals surface area contributed by atoms with Gasteiger partial charge in [-0.1, -0.05) is 38.6 Å². The number of amidine groups is 1. The average Bonchev–Trinajstić information content (AvgIpc) is 3.26. The molecule has 9 nitrogen and oxygen atoms in total. The molecular weight excluding hydrogens is 514 g/mol. The fourth-order valence-electron chi connectivity index (χ4n) is 4.11. The molecule has 1 unspecified atom stereocenters. The van der Waals surface area contributed by atoms with Crippen molar-refractivity contribution in [2.45, 2.75) is 43.8 Å². The van der Waals surface area contributed by atoms with Crippen molar-refractivity contribution < 1.29 is 27.4 Å². The first kappa shape index (κ1) is 28.8. The monoisotopic (exact) mass is 549 g/mol. The molecule has 0 saturated carbocycles. The Morgan fingerprint density at radius 1 is 1.08 bits per heavy atom. The van der Waals surface area contributed by atoms with E-state index in [-0.39, 0.29) is 22.5 Å². The van der Waals surface area contributed by atoms with Crippen molar-refractivity contribution in [2.75, 3.05) is 41.0 Å². The molecule has 1 aliphatic rings. The molecule has 2 aromatic carbocycles. The zero-order chi connectivity index (χ0) is 27.2. The highest BCUT2D eigenvalue weighted by Gasteiger charge is 2.31. The molecule has 2 aromatic rings. The number of thioether (sulfide) groups is 1. The average molecular weight is 550 g/mol. The number of sulfonamides is 1. The van der Waals surface area contributed by atoms with Gasteiger partial charge in [-0.2, -0.15) is 4.31 Å². The molecule has 0 radical (unpaired) electrons. The van der Waals surface area contributed by atoms with Crippen molar-refractivity contribution in [3.8, 4) is 17.2 Å². The minimum absolute atomic E-state index is 0.0590. The van der Waals surface area contributed by atoms with Gasteiger partial charge in [0.2, 0.25) is 21.7 Å². The minimum atomic E-state index is -3.61. The van der Waals surface area contributed by atoms with Gasteiger partial charge in [-0.15, -0.1) is 0 Å². The van der Waals surface area contributed by atoms with Crippen LogP contribution in [0.3, 0.4) is 0 Å². The highest BCUT2D eigenvalue weighted by molar-refractivity contribution is 8.14. The van der Waals surface area contributed by atoms with Crippen LogP contribution >= 0.6 is 11.8 Å². The third kappa shape index (κ3) is 6.58. The smallest absolute Gasteiger partial charge is 0.243 e. The molecule has 1 heterocycles. The van der Waals surface area contributed by atoms with E-state index >= 15 is 0 Å². The minimum Gasteiger partial charge on any atom is -0.493 e. The van der Waals surface area contributed by atoms with Crippen LogP contribution in [0, 0.1) is 0 Å². The van der Waals surface area contributed by atoms with E-state index in [1.165, 1.54) is 16.1 Å². The van der Waals surface area contributed by atoms with Crippen LogP contribution in [-0.4, -0.2) is 74.9 Å². The molecule has 0 N–H and O–H groups in total. The third-order valence-corrected chi connectivity index (χ3v) is 9.14. The van der Waals surface area contributed by atoms with E-state index in [0.29, 0.717) is 54.2 Å². The van der Waals surface area contributed by atoms with Crippen molar-refractivity contribution >= 4 is 38.5 Å². The first-order valence-corrected chi connectivity index (χ1v) is 14.4. The summed E-state index contributed by atoms with van der Waals surface area (Å²) in [7, 11) is 1.05. The molecule has 0 aromatic heterocycles. The summed E-state index contributed by atoms with van der Waals surface area (Å²) in [6.45, 7) is 6.97. The molecule has 37 heavy (non-hydrogen) atoms. The van der Waals surface area contributed by atoms with Gasteiger partial charge in [0.15, 0.2) is 16.7 Å². The molecule has 1 saturated heterocycles. The van der Waals surface area contributed by atoms with Gasteiger partial charge >= 0.3 is 0 Å². The van der Waals surface area contributed by atoms with Crippen LogP contribution in [0.4, 0.5) is 5.69 Å². The number of aliphatic imine (C=N–C) groups is 1. The van der Waals surface area contributed by atoms with Crippen LogP contribution in [0.2, 0.25) is 0 Å². The second-order valence-corrected chi connectivity index (χ2v) is 11.8. The van der Waals surface area contributed by atoms with Crippen LogP contribution in [-0.2, 0) is 21.2 Å². The lowest BCUT2D eigenvalue weighted by atomic mass is 10.1. The number of carbonyl (C=O) groups is 1. The molecule has 1 amide bonds. The predicted molar refractivity (Wildman–Crippen MR) is 147 cm³/mol. The summed E-state index contributed by atoms with van der Waals surface area (Å²) >= 11 is 1.50. The number of hydrogen-bond acceptors (Lipinski definition) is 8. The highest BCUT2D eigenvalue weighted by atomic mass is 32.2. The number of ether oxygens (including phenoxy) is 3. The number of carbonyl (C=O) groups excluding carboxylic acids is 1. The molecule has 11 heteroatoms. The number of amides is 1. The number of nitrogens with zero attached hydrogens (tertiary/aromatic N) is 3. The van der Waals surface area contributed by atoms with Gasteiger partial charge in [-0.25, -0.2) is 13.4 Å². The molecule has 1 aliphatic heterocycles. The molecule has 202 valence electrons. The summed E-state index contributed by atoms with van der Waals surface area (Å²) in [5.41, 5.74) is 1.38. The van der Waals surface area contributed by atoms with Crippen LogP contribution in [0.25, 0.3) is 0 Å². The maximum Gasteiger partial charge on any atom is 0.243 e. The fourth-order valence-corrected chi connectivity index (χ4v) is 6.66. The van der Waals surface area contributed by atoms with Gasteiger partial charge < -0.3 is 14.2 Å². The van der Waals surface area contributed by atoms with Gasteiger partial charge in [0.1, 0.15) is 0 Å². The lowest BCUT2D eigenvalue weighted by Gasteiger charge is -2.19. The molecule has 3 rings (SSSR count). The van der Waals surface area contributed by atoms with Crippen LogP contribution in [0.5, 0.6) is 17.2 Å². The maximum absolute atomic E-state index is 13.2. The van der Waals surface area contributed by atoms with Crippen molar-refractivity contribution in [3.63, 3.8) is 0 Å². The van der Waals surface area contributed by atoms with E-state index in [4.69, 9.17) is 14.2 Å². The number of rotatable bonds is 11. The van der Waals surface area contributed by atoms with E-state index in [0.717, 1.165) is 5.56 Å². The normalized spacial score (nSPS) is 16.9. The molecule has 0 aliphatic carbocycles. The first-order valence-electron chi connectivity index (χ1n) is 12.1. The third-order valence-electron chi connectivity index (χ3n) is 6.02.